The Morgan fingerprint density at radius 2 is 1.90 bits per heavy atom. The molecule has 2 nitrogen and oxygen atoms in total. The number of hydrogen-bond acceptors (Lipinski definition) is 2. The van der Waals surface area contributed by atoms with Crippen LogP contribution in [0.2, 0.25) is 0 Å². The van der Waals surface area contributed by atoms with Crippen LogP contribution in [0.25, 0.3) is 0 Å². The average molecular weight is 339 g/mol. The van der Waals surface area contributed by atoms with Gasteiger partial charge in [-0.1, -0.05) is 28.1 Å². The maximum absolute atomic E-state index is 13.2. The molecule has 2 aromatic rings. The zero-order valence-electron chi connectivity index (χ0n) is 11.1. The topological polar surface area (TPSA) is 29.5 Å². The molecule has 0 fully saturated rings. The van der Waals surface area contributed by atoms with Crippen LogP contribution in [-0.2, 0) is 6.42 Å². The summed E-state index contributed by atoms with van der Waals surface area (Å²) in [4.78, 5) is 0. The molecule has 1 atom stereocenters. The fraction of sp³-hybridized carbons (Fsp3) is 0.250. The van der Waals surface area contributed by atoms with Crippen molar-refractivity contribution in [2.75, 3.05) is 6.61 Å². The fourth-order valence-electron chi connectivity index (χ4n) is 1.98. The number of halogens is 2. The van der Waals surface area contributed by atoms with Gasteiger partial charge in [-0.05, 0) is 48.4 Å². The molecular weight excluding hydrogens is 323 g/mol. The molecule has 0 heterocycles. The van der Waals surface area contributed by atoms with Gasteiger partial charge in [-0.15, -0.1) is 0 Å². The van der Waals surface area contributed by atoms with Gasteiger partial charge < -0.3 is 9.84 Å². The van der Waals surface area contributed by atoms with Crippen LogP contribution < -0.4 is 4.74 Å². The van der Waals surface area contributed by atoms with Crippen molar-refractivity contribution >= 4 is 15.9 Å². The van der Waals surface area contributed by atoms with Gasteiger partial charge in [0.25, 0.3) is 0 Å². The van der Waals surface area contributed by atoms with Gasteiger partial charge in [0.05, 0.1) is 12.7 Å². The van der Waals surface area contributed by atoms with Gasteiger partial charge in [0.15, 0.2) is 0 Å². The predicted octanol–water partition coefficient (Wildman–Crippen LogP) is 4.26. The number of ether oxygens (including phenoxy) is 1. The minimum atomic E-state index is -0.677. The second-order valence-electron chi connectivity index (χ2n) is 4.46. The summed E-state index contributed by atoms with van der Waals surface area (Å²) >= 11 is 3.37. The van der Waals surface area contributed by atoms with Gasteiger partial charge in [-0.3, -0.25) is 0 Å². The lowest BCUT2D eigenvalue weighted by atomic mass is 10.0. The smallest absolute Gasteiger partial charge is 0.123 e. The fourth-order valence-corrected chi connectivity index (χ4v) is 2.39. The molecule has 4 heteroatoms. The van der Waals surface area contributed by atoms with E-state index in [1.54, 1.807) is 6.07 Å². The first-order valence-electron chi connectivity index (χ1n) is 6.45. The van der Waals surface area contributed by atoms with Gasteiger partial charge in [-0.25, -0.2) is 4.39 Å². The molecule has 0 aromatic heterocycles. The Morgan fingerprint density at radius 1 is 1.20 bits per heavy atom. The van der Waals surface area contributed by atoms with E-state index in [9.17, 15) is 9.50 Å². The third-order valence-electron chi connectivity index (χ3n) is 3.00. The van der Waals surface area contributed by atoms with Crippen LogP contribution in [0, 0.1) is 5.82 Å². The lowest BCUT2D eigenvalue weighted by Crippen LogP contribution is -2.03. The van der Waals surface area contributed by atoms with Crippen LogP contribution in [0.5, 0.6) is 5.75 Å². The van der Waals surface area contributed by atoms with Crippen molar-refractivity contribution in [2.24, 2.45) is 0 Å². The van der Waals surface area contributed by atoms with Crippen LogP contribution in [0.4, 0.5) is 4.39 Å². The standard InChI is InChI=1S/C16H16BrFO2/c1-2-20-14-6-3-11(4-7-14)16(19)10-12-9-13(18)5-8-15(12)17/h3-9,16,19H,2,10H2,1H3. The summed E-state index contributed by atoms with van der Waals surface area (Å²) in [6, 6.07) is 11.8. The number of rotatable bonds is 5. The Balaban J connectivity index is 2.11. The number of benzene rings is 2. The molecule has 0 aliphatic carbocycles. The van der Waals surface area contributed by atoms with E-state index >= 15 is 0 Å². The normalized spacial score (nSPS) is 12.2. The average Bonchev–Trinajstić information content (AvgIpc) is 2.44. The number of aliphatic hydroxyl groups excluding tert-OH is 1. The van der Waals surface area contributed by atoms with E-state index in [1.807, 2.05) is 31.2 Å². The second-order valence-corrected chi connectivity index (χ2v) is 5.31. The summed E-state index contributed by atoms with van der Waals surface area (Å²) in [5, 5.41) is 10.2. The van der Waals surface area contributed by atoms with E-state index in [2.05, 4.69) is 15.9 Å². The molecule has 2 aromatic carbocycles. The minimum absolute atomic E-state index is 0.304. The molecule has 0 saturated carbocycles. The second kappa shape index (κ2) is 6.86. The lowest BCUT2D eigenvalue weighted by molar-refractivity contribution is 0.178. The van der Waals surface area contributed by atoms with E-state index in [4.69, 9.17) is 4.74 Å². The molecule has 106 valence electrons. The van der Waals surface area contributed by atoms with Gasteiger partial charge >= 0.3 is 0 Å². The first kappa shape index (κ1) is 15.0. The largest absolute Gasteiger partial charge is 0.494 e. The predicted molar refractivity (Wildman–Crippen MR) is 80.4 cm³/mol. The summed E-state index contributed by atoms with van der Waals surface area (Å²) in [6.07, 6.45) is -0.324. The van der Waals surface area contributed by atoms with Crippen LogP contribution in [0.3, 0.4) is 0 Å². The molecule has 1 N–H and O–H groups in total. The molecule has 0 radical (unpaired) electrons. The maximum atomic E-state index is 13.2. The summed E-state index contributed by atoms with van der Waals surface area (Å²) in [6.45, 7) is 2.53. The number of aliphatic hydroxyl groups is 1. The van der Waals surface area contributed by atoms with Crippen molar-refractivity contribution in [3.63, 3.8) is 0 Å². The van der Waals surface area contributed by atoms with Crippen molar-refractivity contribution in [1.82, 2.24) is 0 Å². The molecule has 0 spiro atoms. The highest BCUT2D eigenvalue weighted by Crippen LogP contribution is 2.25. The Labute approximate surface area is 126 Å². The van der Waals surface area contributed by atoms with Crippen molar-refractivity contribution in [3.05, 3.63) is 63.9 Å². The molecule has 0 saturated heterocycles. The zero-order chi connectivity index (χ0) is 14.5. The Kier molecular flexibility index (Phi) is 5.15. The highest BCUT2D eigenvalue weighted by molar-refractivity contribution is 9.10. The molecule has 0 bridgehead atoms. The minimum Gasteiger partial charge on any atom is -0.494 e. The van der Waals surface area contributed by atoms with Gasteiger partial charge in [0, 0.05) is 10.9 Å². The molecule has 0 aliphatic rings. The van der Waals surface area contributed by atoms with Crippen molar-refractivity contribution < 1.29 is 14.2 Å². The molecule has 0 aliphatic heterocycles. The molecule has 0 amide bonds. The Bertz CT molecular complexity index is 569. The third-order valence-corrected chi connectivity index (χ3v) is 3.77. The summed E-state index contributed by atoms with van der Waals surface area (Å²) < 4.78 is 19.4. The first-order chi connectivity index (χ1) is 9.60. The third kappa shape index (κ3) is 3.81. The highest BCUT2D eigenvalue weighted by Gasteiger charge is 2.11. The SMILES string of the molecule is CCOc1ccc(C(O)Cc2cc(F)ccc2Br)cc1. The monoisotopic (exact) mass is 338 g/mol. The van der Waals surface area contributed by atoms with Gasteiger partial charge in [-0.2, -0.15) is 0 Å². The maximum Gasteiger partial charge on any atom is 0.123 e. The Morgan fingerprint density at radius 3 is 2.55 bits per heavy atom. The quantitative estimate of drug-likeness (QED) is 0.882. The molecular formula is C16H16BrFO2. The van der Waals surface area contributed by atoms with Gasteiger partial charge in [0.2, 0.25) is 0 Å². The number of hydrogen-bond donors (Lipinski definition) is 1. The summed E-state index contributed by atoms with van der Waals surface area (Å²) in [5.41, 5.74) is 1.52. The van der Waals surface area contributed by atoms with Crippen LogP contribution >= 0.6 is 15.9 Å². The van der Waals surface area contributed by atoms with Crippen molar-refractivity contribution in [1.29, 1.82) is 0 Å². The molecule has 2 rings (SSSR count). The lowest BCUT2D eigenvalue weighted by Gasteiger charge is -2.13. The zero-order valence-corrected chi connectivity index (χ0v) is 12.7. The van der Waals surface area contributed by atoms with E-state index in [0.29, 0.717) is 13.0 Å². The Hall–Kier alpha value is -1.39. The van der Waals surface area contributed by atoms with E-state index in [0.717, 1.165) is 21.3 Å². The van der Waals surface area contributed by atoms with Crippen LogP contribution in [0.15, 0.2) is 46.9 Å². The molecule has 1 unspecified atom stereocenters. The first-order valence-corrected chi connectivity index (χ1v) is 7.24. The highest BCUT2D eigenvalue weighted by atomic mass is 79.9. The molecule has 20 heavy (non-hydrogen) atoms. The van der Waals surface area contributed by atoms with Crippen LogP contribution in [-0.4, -0.2) is 11.7 Å². The van der Waals surface area contributed by atoms with Gasteiger partial charge in [0.1, 0.15) is 11.6 Å². The van der Waals surface area contributed by atoms with E-state index in [1.165, 1.54) is 12.1 Å². The van der Waals surface area contributed by atoms with E-state index in [-0.39, 0.29) is 5.82 Å². The van der Waals surface area contributed by atoms with Crippen molar-refractivity contribution in [2.45, 2.75) is 19.4 Å². The van der Waals surface area contributed by atoms with E-state index < -0.39 is 6.10 Å². The summed E-state index contributed by atoms with van der Waals surface area (Å²) in [5.74, 6) is 0.470. The summed E-state index contributed by atoms with van der Waals surface area (Å²) in [7, 11) is 0. The van der Waals surface area contributed by atoms with Crippen molar-refractivity contribution in [3.8, 4) is 5.75 Å². The van der Waals surface area contributed by atoms with Crippen LogP contribution in [0.1, 0.15) is 24.2 Å².